The van der Waals surface area contributed by atoms with Gasteiger partial charge < -0.3 is 0 Å². The van der Waals surface area contributed by atoms with Crippen LogP contribution < -0.4 is 0 Å². The van der Waals surface area contributed by atoms with Gasteiger partial charge in [-0.2, -0.15) is 0 Å². The molecule has 0 atom stereocenters. The lowest BCUT2D eigenvalue weighted by Gasteiger charge is -2.32. The molecule has 1 saturated carbocycles. The highest BCUT2D eigenvalue weighted by atomic mass is 127. The number of alkyl halides is 1. The normalized spacial score (nSPS) is 24.1. The van der Waals surface area contributed by atoms with Crippen LogP contribution in [0, 0.1) is 5.41 Å². The Balaban J connectivity index is 2.52. The molecule has 58 valence electrons. The first kappa shape index (κ1) is 8.57. The van der Waals surface area contributed by atoms with Gasteiger partial charge in [-0.05, 0) is 18.3 Å². The van der Waals surface area contributed by atoms with Crippen LogP contribution in [0.15, 0.2) is 12.7 Å². The minimum atomic E-state index is 0.513. The van der Waals surface area contributed by atoms with Gasteiger partial charge in [0.05, 0.1) is 0 Å². The molecule has 0 aliphatic heterocycles. The van der Waals surface area contributed by atoms with Gasteiger partial charge in [0, 0.05) is 4.43 Å². The predicted octanol–water partition coefficient (Wildman–Crippen LogP) is 3.56. The van der Waals surface area contributed by atoms with Crippen LogP contribution >= 0.6 is 22.6 Å². The van der Waals surface area contributed by atoms with Crippen LogP contribution in [0.3, 0.4) is 0 Å². The minimum absolute atomic E-state index is 0.513. The summed E-state index contributed by atoms with van der Waals surface area (Å²) in [6.07, 6.45) is 9.19. The van der Waals surface area contributed by atoms with Gasteiger partial charge in [-0.1, -0.05) is 47.9 Å². The third kappa shape index (κ3) is 1.74. The molecule has 1 aliphatic carbocycles. The first-order valence-electron chi connectivity index (χ1n) is 4.02. The van der Waals surface area contributed by atoms with E-state index in [1.165, 1.54) is 36.5 Å². The maximum absolute atomic E-state index is 3.92. The van der Waals surface area contributed by atoms with Crippen molar-refractivity contribution in [3.05, 3.63) is 12.7 Å². The van der Waals surface area contributed by atoms with E-state index in [1.54, 1.807) is 0 Å². The standard InChI is InChI=1S/C9H15I/c1-2-9(8-10)6-4-3-5-7-9/h2H,1,3-8H2. The Kier molecular flexibility index (Phi) is 3.21. The first-order valence-corrected chi connectivity index (χ1v) is 5.55. The zero-order valence-corrected chi connectivity index (χ0v) is 8.56. The molecule has 0 heterocycles. The van der Waals surface area contributed by atoms with Gasteiger partial charge in [-0.15, -0.1) is 6.58 Å². The Morgan fingerprint density at radius 1 is 1.30 bits per heavy atom. The van der Waals surface area contributed by atoms with Crippen LogP contribution in [0.1, 0.15) is 32.1 Å². The largest absolute Gasteiger partial charge is 0.102 e. The van der Waals surface area contributed by atoms with E-state index in [-0.39, 0.29) is 0 Å². The summed E-state index contributed by atoms with van der Waals surface area (Å²) < 4.78 is 1.26. The van der Waals surface area contributed by atoms with Gasteiger partial charge in [0.25, 0.3) is 0 Å². The number of allylic oxidation sites excluding steroid dienone is 1. The van der Waals surface area contributed by atoms with Crippen molar-refractivity contribution in [2.45, 2.75) is 32.1 Å². The highest BCUT2D eigenvalue weighted by Crippen LogP contribution is 2.38. The quantitative estimate of drug-likeness (QED) is 0.399. The summed E-state index contributed by atoms with van der Waals surface area (Å²) in [5.41, 5.74) is 0.513. The Morgan fingerprint density at radius 2 is 1.90 bits per heavy atom. The fraction of sp³-hybridized carbons (Fsp3) is 0.778. The average Bonchev–Trinajstić information content (AvgIpc) is 2.06. The Bertz CT molecular complexity index is 112. The molecule has 1 fully saturated rings. The monoisotopic (exact) mass is 250 g/mol. The lowest BCUT2D eigenvalue weighted by molar-refractivity contribution is 0.297. The van der Waals surface area contributed by atoms with Crippen molar-refractivity contribution in [2.75, 3.05) is 4.43 Å². The summed E-state index contributed by atoms with van der Waals surface area (Å²) in [6, 6.07) is 0. The molecule has 0 amide bonds. The summed E-state index contributed by atoms with van der Waals surface area (Å²) in [5.74, 6) is 0. The minimum Gasteiger partial charge on any atom is -0.102 e. The number of rotatable bonds is 2. The maximum atomic E-state index is 3.92. The molecule has 0 radical (unpaired) electrons. The molecule has 0 aromatic heterocycles. The molecule has 10 heavy (non-hydrogen) atoms. The molecule has 1 rings (SSSR count). The predicted molar refractivity (Wildman–Crippen MR) is 54.6 cm³/mol. The third-order valence-corrected chi connectivity index (χ3v) is 4.07. The number of hydrogen-bond acceptors (Lipinski definition) is 0. The third-order valence-electron chi connectivity index (χ3n) is 2.55. The highest BCUT2D eigenvalue weighted by Gasteiger charge is 2.26. The van der Waals surface area contributed by atoms with Gasteiger partial charge in [-0.25, -0.2) is 0 Å². The number of halogens is 1. The molecule has 0 N–H and O–H groups in total. The van der Waals surface area contributed by atoms with Crippen molar-refractivity contribution >= 4 is 22.6 Å². The second-order valence-electron chi connectivity index (χ2n) is 3.26. The van der Waals surface area contributed by atoms with Gasteiger partial charge in [0.1, 0.15) is 0 Å². The lowest BCUT2D eigenvalue weighted by atomic mass is 9.76. The van der Waals surface area contributed by atoms with Gasteiger partial charge in [0.2, 0.25) is 0 Å². The van der Waals surface area contributed by atoms with Crippen LogP contribution in [-0.4, -0.2) is 4.43 Å². The molecule has 0 unspecified atom stereocenters. The fourth-order valence-corrected chi connectivity index (χ4v) is 2.72. The van der Waals surface area contributed by atoms with Crippen molar-refractivity contribution < 1.29 is 0 Å². The lowest BCUT2D eigenvalue weighted by Crippen LogP contribution is -2.22. The van der Waals surface area contributed by atoms with E-state index < -0.39 is 0 Å². The second-order valence-corrected chi connectivity index (χ2v) is 4.02. The molecular formula is C9H15I. The van der Waals surface area contributed by atoms with E-state index in [9.17, 15) is 0 Å². The summed E-state index contributed by atoms with van der Waals surface area (Å²) in [4.78, 5) is 0. The van der Waals surface area contributed by atoms with E-state index in [0.29, 0.717) is 5.41 Å². The molecular weight excluding hydrogens is 235 g/mol. The molecule has 1 heteroatoms. The van der Waals surface area contributed by atoms with Gasteiger partial charge in [-0.3, -0.25) is 0 Å². The average molecular weight is 250 g/mol. The van der Waals surface area contributed by atoms with E-state index in [4.69, 9.17) is 0 Å². The first-order chi connectivity index (χ1) is 4.83. The summed E-state index contributed by atoms with van der Waals surface area (Å²) in [7, 11) is 0. The molecule has 0 aromatic carbocycles. The maximum Gasteiger partial charge on any atom is 0.00865 e. The van der Waals surface area contributed by atoms with E-state index in [0.717, 1.165) is 0 Å². The molecule has 0 bridgehead atoms. The van der Waals surface area contributed by atoms with E-state index >= 15 is 0 Å². The van der Waals surface area contributed by atoms with Crippen LogP contribution in [0.25, 0.3) is 0 Å². The second kappa shape index (κ2) is 3.74. The topological polar surface area (TPSA) is 0 Å². The Hall–Kier alpha value is 0.470. The van der Waals surface area contributed by atoms with Crippen molar-refractivity contribution in [2.24, 2.45) is 5.41 Å². The van der Waals surface area contributed by atoms with Crippen LogP contribution in [-0.2, 0) is 0 Å². The summed E-state index contributed by atoms with van der Waals surface area (Å²) >= 11 is 2.49. The van der Waals surface area contributed by atoms with Gasteiger partial charge >= 0.3 is 0 Å². The van der Waals surface area contributed by atoms with Gasteiger partial charge in [0.15, 0.2) is 0 Å². The van der Waals surface area contributed by atoms with Crippen molar-refractivity contribution in [1.29, 1.82) is 0 Å². The van der Waals surface area contributed by atoms with Crippen LogP contribution in [0.5, 0.6) is 0 Å². The van der Waals surface area contributed by atoms with E-state index in [1.807, 2.05) is 0 Å². The fourth-order valence-electron chi connectivity index (χ4n) is 1.65. The summed E-state index contributed by atoms with van der Waals surface area (Å²) in [5, 5.41) is 0. The Morgan fingerprint density at radius 3 is 2.20 bits per heavy atom. The molecule has 0 saturated heterocycles. The highest BCUT2D eigenvalue weighted by molar-refractivity contribution is 14.1. The molecule has 1 aliphatic rings. The SMILES string of the molecule is C=CC1(CI)CCCCC1. The van der Waals surface area contributed by atoms with Crippen molar-refractivity contribution in [3.63, 3.8) is 0 Å². The Labute approximate surface area is 77.2 Å². The summed E-state index contributed by atoms with van der Waals surface area (Å²) in [6.45, 7) is 3.92. The molecule has 0 spiro atoms. The number of hydrogen-bond donors (Lipinski definition) is 0. The zero-order chi connectivity index (χ0) is 7.45. The molecule has 0 nitrogen and oxygen atoms in total. The van der Waals surface area contributed by atoms with E-state index in [2.05, 4.69) is 35.2 Å². The van der Waals surface area contributed by atoms with Crippen LogP contribution in [0.2, 0.25) is 0 Å². The van der Waals surface area contributed by atoms with Crippen molar-refractivity contribution in [3.8, 4) is 0 Å². The van der Waals surface area contributed by atoms with Crippen LogP contribution in [0.4, 0.5) is 0 Å². The smallest absolute Gasteiger partial charge is 0.00865 e. The van der Waals surface area contributed by atoms with Crippen molar-refractivity contribution in [1.82, 2.24) is 0 Å². The zero-order valence-electron chi connectivity index (χ0n) is 6.41. The molecule has 0 aromatic rings.